The zero-order valence-corrected chi connectivity index (χ0v) is 18.5. The number of alkyl halides is 3. The van der Waals surface area contributed by atoms with Crippen molar-refractivity contribution in [2.75, 3.05) is 32.0 Å². The quantitative estimate of drug-likeness (QED) is 0.623. The molecule has 170 valence electrons. The van der Waals surface area contributed by atoms with Gasteiger partial charge >= 0.3 is 12.2 Å². The molecule has 0 spiro atoms. The van der Waals surface area contributed by atoms with Crippen LogP contribution in [0.1, 0.15) is 45.1 Å². The maximum atomic E-state index is 12.9. The summed E-state index contributed by atoms with van der Waals surface area (Å²) >= 11 is 0. The molecule has 3 aliphatic carbocycles. The topological polar surface area (TPSA) is 35.6 Å². The summed E-state index contributed by atoms with van der Waals surface area (Å²) in [4.78, 5) is 16.7. The van der Waals surface area contributed by atoms with Gasteiger partial charge in [-0.3, -0.25) is 4.90 Å². The van der Waals surface area contributed by atoms with E-state index in [0.717, 1.165) is 50.5 Å². The van der Waals surface area contributed by atoms with E-state index in [0.29, 0.717) is 11.3 Å². The molecule has 1 saturated heterocycles. The summed E-state index contributed by atoms with van der Waals surface area (Å²) in [5.41, 5.74) is 1.42. The molecule has 1 heterocycles. The summed E-state index contributed by atoms with van der Waals surface area (Å²) in [7, 11) is 1.73. The lowest BCUT2D eigenvalue weighted by molar-refractivity contribution is -0.137. The number of nitrogens with zero attached hydrogens (tertiary/aromatic N) is 2. The number of anilines is 1. The van der Waals surface area contributed by atoms with Gasteiger partial charge in [0.1, 0.15) is 0 Å². The molecule has 0 radical (unpaired) electrons. The third-order valence-electron chi connectivity index (χ3n) is 7.86. The summed E-state index contributed by atoms with van der Waals surface area (Å²) in [6.45, 7) is 7.67. The molecule has 4 nitrogen and oxygen atoms in total. The number of hydrogen-bond donors (Lipinski definition) is 1. The molecule has 1 N–H and O–H groups in total. The Labute approximate surface area is 182 Å². The van der Waals surface area contributed by atoms with Crippen LogP contribution in [0.2, 0.25) is 0 Å². The standard InChI is InChI=1S/C24H32F3N3O/c1-23(2)17-8-7-16(21(23)14-17)15-30-11-9-20(10-12-30)29(3)22(31)28-19-6-4-5-18(13-19)24(25,26)27/h4-7,13,17,20-21H,8-12,14-15H2,1-3H3,(H,28,31). The predicted octanol–water partition coefficient (Wildman–Crippen LogP) is 5.63. The Morgan fingerprint density at radius 1 is 1.26 bits per heavy atom. The van der Waals surface area contributed by atoms with Gasteiger partial charge in [0.15, 0.2) is 0 Å². The molecule has 1 saturated carbocycles. The molecular weight excluding hydrogens is 403 g/mol. The summed E-state index contributed by atoms with van der Waals surface area (Å²) in [5, 5.41) is 2.61. The highest BCUT2D eigenvalue weighted by Gasteiger charge is 2.51. The molecule has 1 aromatic rings. The SMILES string of the molecule is CN(C(=O)Nc1cccc(C(F)(F)F)c1)C1CCN(CC2=CCC3CC2C3(C)C)CC1. The van der Waals surface area contributed by atoms with E-state index in [1.54, 1.807) is 17.5 Å². The number of hydrogen-bond acceptors (Lipinski definition) is 2. The first-order valence-corrected chi connectivity index (χ1v) is 11.2. The maximum Gasteiger partial charge on any atom is 0.416 e. The van der Waals surface area contributed by atoms with E-state index in [-0.39, 0.29) is 17.8 Å². The molecule has 1 aromatic carbocycles. The Hall–Kier alpha value is -2.02. The summed E-state index contributed by atoms with van der Waals surface area (Å²) < 4.78 is 38.7. The fourth-order valence-corrected chi connectivity index (χ4v) is 5.53. The van der Waals surface area contributed by atoms with Crippen molar-refractivity contribution in [2.45, 2.75) is 51.7 Å². The number of carbonyl (C=O) groups excluding carboxylic acids is 1. The lowest BCUT2D eigenvalue weighted by Crippen LogP contribution is -2.51. The van der Waals surface area contributed by atoms with Gasteiger partial charge in [0.05, 0.1) is 5.56 Å². The van der Waals surface area contributed by atoms with Crippen LogP contribution in [0.5, 0.6) is 0 Å². The predicted molar refractivity (Wildman–Crippen MR) is 116 cm³/mol. The second-order valence-electron chi connectivity index (χ2n) is 9.95. The number of piperidine rings is 1. The van der Waals surface area contributed by atoms with E-state index in [1.165, 1.54) is 25.0 Å². The van der Waals surface area contributed by atoms with E-state index < -0.39 is 11.7 Å². The van der Waals surface area contributed by atoms with Gasteiger partial charge in [0.25, 0.3) is 0 Å². The van der Waals surface area contributed by atoms with Gasteiger partial charge in [-0.1, -0.05) is 31.6 Å². The maximum absolute atomic E-state index is 12.9. The minimum atomic E-state index is -4.43. The number of allylic oxidation sites excluding steroid dienone is 1. The Morgan fingerprint density at radius 3 is 2.58 bits per heavy atom. The molecule has 2 unspecified atom stereocenters. The van der Waals surface area contributed by atoms with E-state index in [1.807, 2.05) is 0 Å². The van der Waals surface area contributed by atoms with Crippen LogP contribution < -0.4 is 5.32 Å². The molecule has 1 aliphatic heterocycles. The highest BCUT2D eigenvalue weighted by atomic mass is 19.4. The van der Waals surface area contributed by atoms with Crippen molar-refractivity contribution in [3.63, 3.8) is 0 Å². The van der Waals surface area contributed by atoms with Crippen molar-refractivity contribution in [1.82, 2.24) is 9.80 Å². The molecule has 2 atom stereocenters. The molecule has 7 heteroatoms. The van der Waals surface area contributed by atoms with Gasteiger partial charge in [-0.25, -0.2) is 4.79 Å². The average Bonchev–Trinajstić information content (AvgIpc) is 2.73. The second-order valence-corrected chi connectivity index (χ2v) is 9.95. The summed E-state index contributed by atoms with van der Waals surface area (Å²) in [5.74, 6) is 1.56. The van der Waals surface area contributed by atoms with Gasteiger partial charge in [0, 0.05) is 38.4 Å². The van der Waals surface area contributed by atoms with Crippen molar-refractivity contribution in [1.29, 1.82) is 0 Å². The molecule has 31 heavy (non-hydrogen) atoms. The van der Waals surface area contributed by atoms with Crippen molar-refractivity contribution in [3.8, 4) is 0 Å². The molecule has 2 amide bonds. The lowest BCUT2D eigenvalue weighted by Gasteiger charge is -2.57. The Bertz CT molecular complexity index is 856. The number of fused-ring (bicyclic) bond motifs is 1. The van der Waals surface area contributed by atoms with Crippen molar-refractivity contribution < 1.29 is 18.0 Å². The van der Waals surface area contributed by atoms with Crippen LogP contribution in [-0.4, -0.2) is 48.6 Å². The van der Waals surface area contributed by atoms with Crippen molar-refractivity contribution >= 4 is 11.7 Å². The number of nitrogens with one attached hydrogen (secondary N) is 1. The molecule has 0 aromatic heterocycles. The monoisotopic (exact) mass is 435 g/mol. The van der Waals surface area contributed by atoms with E-state index in [2.05, 4.69) is 30.1 Å². The number of carbonyl (C=O) groups is 1. The van der Waals surface area contributed by atoms with Crippen LogP contribution in [0.25, 0.3) is 0 Å². The number of likely N-dealkylation sites (tertiary alicyclic amines) is 1. The van der Waals surface area contributed by atoms with Gasteiger partial charge in [-0.05, 0) is 61.1 Å². The van der Waals surface area contributed by atoms with Gasteiger partial charge in [0.2, 0.25) is 0 Å². The van der Waals surface area contributed by atoms with Crippen LogP contribution in [0, 0.1) is 17.3 Å². The molecule has 5 rings (SSSR count). The number of rotatable bonds is 4. The van der Waals surface area contributed by atoms with Crippen LogP contribution in [-0.2, 0) is 6.18 Å². The van der Waals surface area contributed by atoms with Crippen LogP contribution >= 0.6 is 0 Å². The van der Waals surface area contributed by atoms with Crippen molar-refractivity contribution in [3.05, 3.63) is 41.5 Å². The average molecular weight is 436 g/mol. The van der Waals surface area contributed by atoms with E-state index >= 15 is 0 Å². The zero-order chi connectivity index (χ0) is 22.4. The Morgan fingerprint density at radius 2 is 1.97 bits per heavy atom. The third-order valence-corrected chi connectivity index (χ3v) is 7.86. The van der Waals surface area contributed by atoms with Crippen molar-refractivity contribution in [2.24, 2.45) is 17.3 Å². The minimum Gasteiger partial charge on any atom is -0.325 e. The van der Waals surface area contributed by atoms with Gasteiger partial charge in [-0.2, -0.15) is 13.2 Å². The summed E-state index contributed by atoms with van der Waals surface area (Å²) in [6.07, 6.45) is 2.29. The molecule has 2 fully saturated rings. The van der Waals surface area contributed by atoms with E-state index in [4.69, 9.17) is 0 Å². The highest BCUT2D eigenvalue weighted by Crippen LogP contribution is 2.59. The lowest BCUT2D eigenvalue weighted by atomic mass is 9.49. The largest absolute Gasteiger partial charge is 0.416 e. The molecule has 2 bridgehead atoms. The smallest absolute Gasteiger partial charge is 0.325 e. The number of urea groups is 1. The van der Waals surface area contributed by atoms with Gasteiger partial charge in [-0.15, -0.1) is 0 Å². The highest BCUT2D eigenvalue weighted by molar-refractivity contribution is 5.89. The molecular formula is C24H32F3N3O. The van der Waals surface area contributed by atoms with Gasteiger partial charge < -0.3 is 10.2 Å². The fourth-order valence-electron chi connectivity index (χ4n) is 5.53. The van der Waals surface area contributed by atoms with E-state index in [9.17, 15) is 18.0 Å². The van der Waals surface area contributed by atoms with Crippen LogP contribution in [0.3, 0.4) is 0 Å². The first-order chi connectivity index (χ1) is 14.6. The number of halogens is 3. The number of benzene rings is 1. The second kappa shape index (κ2) is 8.15. The fraction of sp³-hybridized carbons (Fsp3) is 0.625. The number of amides is 2. The van der Waals surface area contributed by atoms with Crippen LogP contribution in [0.4, 0.5) is 23.7 Å². The summed E-state index contributed by atoms with van der Waals surface area (Å²) in [6, 6.07) is 4.48. The first kappa shape index (κ1) is 22.2. The first-order valence-electron chi connectivity index (χ1n) is 11.2. The van der Waals surface area contributed by atoms with Crippen LogP contribution in [0.15, 0.2) is 35.9 Å². The zero-order valence-electron chi connectivity index (χ0n) is 18.5. The third kappa shape index (κ3) is 4.47. The Kier molecular flexibility index (Phi) is 5.83. The normalized spacial score (nSPS) is 26.1. The Balaban J connectivity index is 1.28. The minimum absolute atomic E-state index is 0.0897. The molecule has 4 aliphatic rings.